The lowest BCUT2D eigenvalue weighted by Gasteiger charge is -2.32. The van der Waals surface area contributed by atoms with Crippen LogP contribution in [0.2, 0.25) is 0 Å². The van der Waals surface area contributed by atoms with Gasteiger partial charge in [0.1, 0.15) is 17.6 Å². The van der Waals surface area contributed by atoms with Gasteiger partial charge < -0.3 is 4.74 Å². The normalized spacial score (nSPS) is 27.3. The lowest BCUT2D eigenvalue weighted by molar-refractivity contribution is -0.157. The van der Waals surface area contributed by atoms with E-state index in [1.54, 1.807) is 11.8 Å². The molecule has 1 aliphatic rings. The van der Waals surface area contributed by atoms with E-state index in [1.807, 2.05) is 13.8 Å². The summed E-state index contributed by atoms with van der Waals surface area (Å²) in [5.41, 5.74) is 0. The number of methoxy groups -OCH3 is 1. The van der Waals surface area contributed by atoms with Crippen molar-refractivity contribution in [3.63, 3.8) is 0 Å². The number of carbonyl (C=O) groups is 4. The molecule has 0 heterocycles. The second-order valence-corrected chi connectivity index (χ2v) is 7.09. The first-order valence-electron chi connectivity index (χ1n) is 7.09. The van der Waals surface area contributed by atoms with Crippen molar-refractivity contribution in [3.8, 4) is 0 Å². The summed E-state index contributed by atoms with van der Waals surface area (Å²) < 4.78 is 4.71. The molecule has 0 aliphatic heterocycles. The van der Waals surface area contributed by atoms with Crippen LogP contribution in [0.4, 0.5) is 0 Å². The summed E-state index contributed by atoms with van der Waals surface area (Å²) in [6.45, 7) is 5.25. The van der Waals surface area contributed by atoms with Crippen molar-refractivity contribution in [3.05, 3.63) is 0 Å². The zero-order chi connectivity index (χ0) is 16.2. The summed E-state index contributed by atoms with van der Waals surface area (Å²) in [5.74, 6) is -3.83. The van der Waals surface area contributed by atoms with Gasteiger partial charge in [0.15, 0.2) is 11.6 Å². The SMILES string of the molecule is CCS[C@H](C)C[C@@H]1CC(=O)[C@@H](C(C)=O)C(=O)[C@@H]1C(=O)OC. The number of hydrogen-bond donors (Lipinski definition) is 0. The maximum absolute atomic E-state index is 12.4. The van der Waals surface area contributed by atoms with Crippen LogP contribution in [0, 0.1) is 17.8 Å². The van der Waals surface area contributed by atoms with Gasteiger partial charge in [-0.3, -0.25) is 19.2 Å². The highest BCUT2D eigenvalue weighted by molar-refractivity contribution is 7.99. The zero-order valence-electron chi connectivity index (χ0n) is 12.9. The third-order valence-corrected chi connectivity index (χ3v) is 4.89. The average molecular weight is 314 g/mol. The molecule has 21 heavy (non-hydrogen) atoms. The number of esters is 1. The molecule has 0 N–H and O–H groups in total. The minimum absolute atomic E-state index is 0.0877. The van der Waals surface area contributed by atoms with Gasteiger partial charge in [0.2, 0.25) is 0 Å². The largest absolute Gasteiger partial charge is 0.468 e. The van der Waals surface area contributed by atoms with E-state index < -0.39 is 29.4 Å². The fourth-order valence-corrected chi connectivity index (χ4v) is 3.88. The van der Waals surface area contributed by atoms with Crippen molar-refractivity contribution in [1.82, 2.24) is 0 Å². The van der Waals surface area contributed by atoms with Crippen LogP contribution in [0.15, 0.2) is 0 Å². The molecule has 0 unspecified atom stereocenters. The fourth-order valence-electron chi connectivity index (χ4n) is 2.93. The monoisotopic (exact) mass is 314 g/mol. The van der Waals surface area contributed by atoms with E-state index >= 15 is 0 Å². The standard InChI is InChI=1S/C15H22O5S/c1-5-21-8(2)6-10-7-11(17)12(9(3)16)14(18)13(10)15(19)20-4/h8,10,12-13H,5-7H2,1-4H3/t8-,10-,12-,13-/m1/s1. The van der Waals surface area contributed by atoms with Gasteiger partial charge in [-0.1, -0.05) is 13.8 Å². The van der Waals surface area contributed by atoms with Gasteiger partial charge in [0.05, 0.1) is 7.11 Å². The lowest BCUT2D eigenvalue weighted by Crippen LogP contribution is -2.48. The maximum atomic E-state index is 12.4. The smallest absolute Gasteiger partial charge is 0.316 e. The molecule has 5 nitrogen and oxygen atoms in total. The fraction of sp³-hybridized carbons (Fsp3) is 0.733. The Hall–Kier alpha value is -1.17. The second-order valence-electron chi connectivity index (χ2n) is 5.38. The van der Waals surface area contributed by atoms with E-state index in [0.717, 1.165) is 5.75 Å². The molecular weight excluding hydrogens is 292 g/mol. The number of rotatable bonds is 6. The summed E-state index contributed by atoms with van der Waals surface area (Å²) in [5, 5.41) is 0.238. The summed E-state index contributed by atoms with van der Waals surface area (Å²) >= 11 is 1.71. The van der Waals surface area contributed by atoms with Crippen molar-refractivity contribution in [2.24, 2.45) is 17.8 Å². The van der Waals surface area contributed by atoms with Crippen molar-refractivity contribution in [2.45, 2.75) is 38.9 Å². The summed E-state index contributed by atoms with van der Waals surface area (Å²) in [7, 11) is 1.22. The number of thioether (sulfide) groups is 1. The third-order valence-electron chi connectivity index (χ3n) is 3.80. The van der Waals surface area contributed by atoms with E-state index in [2.05, 4.69) is 0 Å². The molecule has 0 spiro atoms. The van der Waals surface area contributed by atoms with Crippen LogP contribution < -0.4 is 0 Å². The first kappa shape index (κ1) is 17.9. The van der Waals surface area contributed by atoms with Crippen LogP contribution in [0.1, 0.15) is 33.6 Å². The molecule has 0 radical (unpaired) electrons. The molecule has 0 aromatic rings. The van der Waals surface area contributed by atoms with Gasteiger partial charge in [-0.25, -0.2) is 0 Å². The molecule has 6 heteroatoms. The molecule has 0 aromatic carbocycles. The van der Waals surface area contributed by atoms with Gasteiger partial charge in [-0.05, 0) is 25.0 Å². The minimum atomic E-state index is -1.29. The third kappa shape index (κ3) is 4.15. The van der Waals surface area contributed by atoms with Crippen LogP contribution in [0.3, 0.4) is 0 Å². The van der Waals surface area contributed by atoms with Crippen LogP contribution in [-0.2, 0) is 23.9 Å². The number of hydrogen-bond acceptors (Lipinski definition) is 6. The Bertz CT molecular complexity index is 445. The number of ether oxygens (including phenoxy) is 1. The van der Waals surface area contributed by atoms with Crippen molar-refractivity contribution < 1.29 is 23.9 Å². The van der Waals surface area contributed by atoms with E-state index in [-0.39, 0.29) is 23.4 Å². The van der Waals surface area contributed by atoms with Crippen LogP contribution in [-0.4, -0.2) is 41.4 Å². The summed E-state index contributed by atoms with van der Waals surface area (Å²) in [6.07, 6.45) is 0.671. The number of carbonyl (C=O) groups excluding carboxylic acids is 4. The molecule has 1 aliphatic carbocycles. The molecule has 1 saturated carbocycles. The molecule has 0 aromatic heterocycles. The highest BCUT2D eigenvalue weighted by atomic mass is 32.2. The first-order valence-corrected chi connectivity index (χ1v) is 8.14. The van der Waals surface area contributed by atoms with E-state index in [0.29, 0.717) is 6.42 Å². The molecule has 1 rings (SSSR count). The molecule has 4 atom stereocenters. The minimum Gasteiger partial charge on any atom is -0.468 e. The molecule has 1 fully saturated rings. The summed E-state index contributed by atoms with van der Waals surface area (Å²) in [6, 6.07) is 0. The van der Waals surface area contributed by atoms with E-state index in [9.17, 15) is 19.2 Å². The Balaban J connectivity index is 3.01. The highest BCUT2D eigenvalue weighted by Gasteiger charge is 2.49. The first-order chi connectivity index (χ1) is 9.83. The Kier molecular flexibility index (Phi) is 6.58. The Labute approximate surface area is 129 Å². The number of ketones is 3. The molecule has 0 amide bonds. The predicted molar refractivity (Wildman–Crippen MR) is 80.0 cm³/mol. The van der Waals surface area contributed by atoms with E-state index in [1.165, 1.54) is 14.0 Å². The van der Waals surface area contributed by atoms with Crippen LogP contribution in [0.5, 0.6) is 0 Å². The maximum Gasteiger partial charge on any atom is 0.316 e. The quantitative estimate of drug-likeness (QED) is 0.548. The summed E-state index contributed by atoms with van der Waals surface area (Å²) in [4.78, 5) is 47.9. The van der Waals surface area contributed by atoms with Gasteiger partial charge in [-0.15, -0.1) is 0 Å². The van der Waals surface area contributed by atoms with Gasteiger partial charge in [0, 0.05) is 11.7 Å². The van der Waals surface area contributed by atoms with Crippen molar-refractivity contribution in [2.75, 3.05) is 12.9 Å². The molecule has 0 bridgehead atoms. The topological polar surface area (TPSA) is 77.5 Å². The van der Waals surface area contributed by atoms with Gasteiger partial charge in [0.25, 0.3) is 0 Å². The van der Waals surface area contributed by atoms with Crippen molar-refractivity contribution in [1.29, 1.82) is 0 Å². The van der Waals surface area contributed by atoms with E-state index in [4.69, 9.17) is 4.74 Å². The predicted octanol–water partition coefficient (Wildman–Crippen LogP) is 1.67. The van der Waals surface area contributed by atoms with Gasteiger partial charge >= 0.3 is 5.97 Å². The second kappa shape index (κ2) is 7.73. The Morgan fingerprint density at radius 2 is 2.00 bits per heavy atom. The Morgan fingerprint density at radius 3 is 2.48 bits per heavy atom. The zero-order valence-corrected chi connectivity index (χ0v) is 13.7. The Morgan fingerprint density at radius 1 is 1.38 bits per heavy atom. The highest BCUT2D eigenvalue weighted by Crippen LogP contribution is 2.35. The lowest BCUT2D eigenvalue weighted by atomic mass is 9.69. The molecule has 118 valence electrons. The number of Topliss-reactive ketones (excluding diaryl/α,β-unsaturated/α-hetero) is 3. The molecular formula is C15H22O5S. The van der Waals surface area contributed by atoms with Crippen LogP contribution >= 0.6 is 11.8 Å². The van der Waals surface area contributed by atoms with Crippen LogP contribution in [0.25, 0.3) is 0 Å². The van der Waals surface area contributed by atoms with Crippen molar-refractivity contribution >= 4 is 35.1 Å². The van der Waals surface area contributed by atoms with Gasteiger partial charge in [-0.2, -0.15) is 11.8 Å². The molecule has 0 saturated heterocycles. The average Bonchev–Trinajstić information content (AvgIpc) is 2.37.